The molecule has 2 aliphatic rings. The van der Waals surface area contributed by atoms with Crippen molar-refractivity contribution in [2.75, 3.05) is 25.2 Å². The number of pyridine rings is 1. The summed E-state index contributed by atoms with van der Waals surface area (Å²) in [6, 6.07) is 4.96. The first-order chi connectivity index (χ1) is 22.9. The number of rotatable bonds is 12. The van der Waals surface area contributed by atoms with Crippen molar-refractivity contribution in [3.8, 4) is 11.5 Å². The van der Waals surface area contributed by atoms with Crippen LogP contribution in [0.5, 0.6) is 11.5 Å². The Morgan fingerprint density at radius 1 is 1.17 bits per heavy atom. The fraction of sp³-hybridized carbons (Fsp3) is 0.276. The second-order valence-electron chi connectivity index (χ2n) is 10.3. The number of aromatic nitrogens is 2. The summed E-state index contributed by atoms with van der Waals surface area (Å²) in [6.07, 6.45) is 0.905. The number of carbonyl (C=O) groups excluding carboxylic acids is 4. The smallest absolute Gasteiger partial charge is 0.352 e. The van der Waals surface area contributed by atoms with E-state index in [0.29, 0.717) is 16.0 Å². The third-order valence-electron chi connectivity index (χ3n) is 7.15. The predicted molar refractivity (Wildman–Crippen MR) is 168 cm³/mol. The van der Waals surface area contributed by atoms with Crippen molar-refractivity contribution in [1.82, 2.24) is 25.2 Å². The number of nitrogens with one attached hydrogen (secondary N) is 2. The van der Waals surface area contributed by atoms with Crippen molar-refractivity contribution in [3.05, 3.63) is 80.4 Å². The molecule has 4 heterocycles. The maximum atomic E-state index is 13.5. The molecule has 0 radical (unpaired) electrons. The highest BCUT2D eigenvalue weighted by Gasteiger charge is 2.54. The van der Waals surface area contributed by atoms with Gasteiger partial charge in [-0.3, -0.25) is 28.9 Å². The van der Waals surface area contributed by atoms with E-state index >= 15 is 0 Å². The van der Waals surface area contributed by atoms with Gasteiger partial charge in [-0.15, -0.1) is 23.1 Å². The number of methoxy groups -OCH3 is 1. The molecule has 48 heavy (non-hydrogen) atoms. The first kappa shape index (κ1) is 33.8. The van der Waals surface area contributed by atoms with E-state index in [-0.39, 0.29) is 46.8 Å². The molecule has 0 saturated carbocycles. The van der Waals surface area contributed by atoms with Crippen molar-refractivity contribution in [3.63, 3.8) is 0 Å². The van der Waals surface area contributed by atoms with Crippen LogP contribution in [0.15, 0.2) is 58.0 Å². The first-order valence-electron chi connectivity index (χ1n) is 13.9. The molecule has 1 fully saturated rings. The highest BCUT2D eigenvalue weighted by Crippen LogP contribution is 2.40. The number of hydrogen-bond donors (Lipinski definition) is 5. The number of fused-ring (bicyclic) bond motifs is 1. The minimum atomic E-state index is -1.54. The van der Waals surface area contributed by atoms with Gasteiger partial charge in [0.05, 0.1) is 19.0 Å². The molecule has 0 aliphatic carbocycles. The summed E-state index contributed by atoms with van der Waals surface area (Å²) in [7, 11) is 1.52. The average Bonchev–Trinajstić information content (AvgIpc) is 3.50. The molecule has 3 aromatic rings. The topological polar surface area (TPSA) is 242 Å². The minimum Gasteiger partial charge on any atom is -0.497 e. The van der Waals surface area contributed by atoms with E-state index < -0.39 is 58.2 Å². The highest BCUT2D eigenvalue weighted by atomic mass is 32.2. The van der Waals surface area contributed by atoms with E-state index in [4.69, 9.17) is 19.9 Å². The number of nitrogens with zero attached hydrogens (tertiary/aromatic N) is 3. The summed E-state index contributed by atoms with van der Waals surface area (Å²) in [6.45, 7) is 0.828. The number of carboxylic acid groups (broad SMARTS) is 1. The lowest BCUT2D eigenvalue weighted by Gasteiger charge is -2.49. The fourth-order valence-corrected chi connectivity index (χ4v) is 6.71. The third-order valence-corrected chi connectivity index (χ3v) is 9.19. The first-order valence-corrected chi connectivity index (χ1v) is 15.9. The Bertz CT molecular complexity index is 1870. The van der Waals surface area contributed by atoms with Gasteiger partial charge in [0.25, 0.3) is 11.8 Å². The van der Waals surface area contributed by atoms with Gasteiger partial charge in [0.1, 0.15) is 41.8 Å². The lowest BCUT2D eigenvalue weighted by Crippen LogP contribution is -2.71. The number of thiazole rings is 1. The quantitative estimate of drug-likeness (QED) is 0.0981. The Balaban J connectivity index is 1.30. The number of ether oxygens (including phenoxy) is 3. The molecular formula is C29H28N6O11S2. The van der Waals surface area contributed by atoms with Gasteiger partial charge in [0, 0.05) is 29.7 Å². The van der Waals surface area contributed by atoms with Gasteiger partial charge in [-0.25, -0.2) is 9.78 Å². The van der Waals surface area contributed by atoms with Gasteiger partial charge < -0.3 is 40.9 Å². The molecule has 252 valence electrons. The van der Waals surface area contributed by atoms with E-state index in [1.807, 2.05) is 0 Å². The largest absolute Gasteiger partial charge is 0.497 e. The number of nitrogens with two attached hydrogens (primary N) is 1. The van der Waals surface area contributed by atoms with Crippen LogP contribution < -0.4 is 31.3 Å². The lowest BCUT2D eigenvalue weighted by atomic mass is 10.0. The summed E-state index contributed by atoms with van der Waals surface area (Å²) >= 11 is 2.12. The Morgan fingerprint density at radius 3 is 2.52 bits per heavy atom. The van der Waals surface area contributed by atoms with Crippen LogP contribution in [0.3, 0.4) is 0 Å². The van der Waals surface area contributed by atoms with Crippen molar-refractivity contribution in [1.29, 1.82) is 0 Å². The molecule has 5 rings (SSSR count). The van der Waals surface area contributed by atoms with Crippen LogP contribution in [0.2, 0.25) is 0 Å². The second kappa shape index (κ2) is 14.1. The van der Waals surface area contributed by atoms with E-state index in [2.05, 4.69) is 15.6 Å². The number of benzene rings is 1. The Hall–Kier alpha value is -5.56. The van der Waals surface area contributed by atoms with Crippen molar-refractivity contribution in [2.24, 2.45) is 0 Å². The van der Waals surface area contributed by atoms with Crippen molar-refractivity contribution >= 4 is 57.9 Å². The molecular weight excluding hydrogens is 672 g/mol. The number of β-lactam (4-membered cyclic amide) rings is 1. The average molecular weight is 701 g/mol. The van der Waals surface area contributed by atoms with E-state index in [0.717, 1.165) is 40.3 Å². The molecule has 2 aliphatic heterocycles. The summed E-state index contributed by atoms with van der Waals surface area (Å²) in [5.41, 5.74) is 5.06. The SMILES string of the molecule is COc1ccc(COc2cn(O)c(C(=O)NC(C(=O)N[C@@H]3C(=O)N4C(C(=O)O)=C(COC(C)=O)CS[C@H]34)c3csc(N)n3)cc2=O)cc1. The molecule has 3 amide bonds. The molecule has 0 bridgehead atoms. The number of thioether (sulfide) groups is 1. The van der Waals surface area contributed by atoms with E-state index in [9.17, 15) is 39.1 Å². The molecule has 17 nitrogen and oxygen atoms in total. The van der Waals surface area contributed by atoms with Gasteiger partial charge in [-0.2, -0.15) is 4.73 Å². The van der Waals surface area contributed by atoms with Crippen molar-refractivity contribution in [2.45, 2.75) is 31.0 Å². The molecule has 1 saturated heterocycles. The van der Waals surface area contributed by atoms with Gasteiger partial charge in [-0.1, -0.05) is 12.1 Å². The number of aliphatic carboxylic acids is 1. The molecule has 0 spiro atoms. The standard InChI is InChI=1S/C29H28N6O11S2/c1-13(36)45-10-15-11-47-27-22(26(40)35(27)23(15)28(41)42)33-25(39)21(17-12-48-29(30)31-17)32-24(38)18-7-19(37)20(8-34(18)43)46-9-14-3-5-16(44-2)6-4-14/h3-8,12,21-22,27,43H,9-11H2,1-2H3,(H2,30,31)(H,32,38)(H,33,39)(H,41,42)/t21?,22-,27-/m1/s1. The molecule has 19 heteroatoms. The Morgan fingerprint density at radius 2 is 1.90 bits per heavy atom. The number of hydrogen-bond acceptors (Lipinski definition) is 14. The number of carboxylic acids is 1. The Labute approximate surface area is 279 Å². The molecule has 6 N–H and O–H groups in total. The minimum absolute atomic E-state index is 0.00402. The van der Waals surface area contributed by atoms with Crippen molar-refractivity contribution < 1.29 is 48.5 Å². The van der Waals surface area contributed by atoms with Crippen LogP contribution in [0, 0.1) is 0 Å². The molecule has 2 aromatic heterocycles. The van der Waals surface area contributed by atoms with Gasteiger partial charge in [0.2, 0.25) is 11.3 Å². The van der Waals surface area contributed by atoms with Gasteiger partial charge in [0.15, 0.2) is 16.9 Å². The van der Waals surface area contributed by atoms with Crippen LogP contribution in [0.1, 0.15) is 34.7 Å². The summed E-state index contributed by atoms with van der Waals surface area (Å²) in [5.74, 6) is -4.24. The number of carbonyl (C=O) groups is 5. The summed E-state index contributed by atoms with van der Waals surface area (Å²) in [4.78, 5) is 81.0. The van der Waals surface area contributed by atoms with Crippen LogP contribution in [0.4, 0.5) is 5.13 Å². The maximum absolute atomic E-state index is 13.5. The Kier molecular flexibility index (Phi) is 9.89. The van der Waals surface area contributed by atoms with Gasteiger partial charge in [-0.05, 0) is 17.7 Å². The van der Waals surface area contributed by atoms with E-state index in [1.165, 1.54) is 19.4 Å². The summed E-state index contributed by atoms with van der Waals surface area (Å²) in [5, 5.41) is 25.9. The normalized spacial score (nSPS) is 17.5. The van der Waals surface area contributed by atoms with Crippen LogP contribution in [0.25, 0.3) is 0 Å². The monoisotopic (exact) mass is 700 g/mol. The molecule has 1 unspecified atom stereocenters. The molecule has 1 aromatic carbocycles. The second-order valence-corrected chi connectivity index (χ2v) is 12.3. The van der Waals surface area contributed by atoms with Crippen LogP contribution in [-0.4, -0.2) is 85.5 Å². The lowest BCUT2D eigenvalue weighted by molar-refractivity contribution is -0.151. The maximum Gasteiger partial charge on any atom is 0.352 e. The number of nitrogen functional groups attached to an aromatic ring is 1. The predicted octanol–water partition coefficient (Wildman–Crippen LogP) is 0.485. The van der Waals surface area contributed by atoms with E-state index in [1.54, 1.807) is 24.3 Å². The number of esters is 1. The van der Waals surface area contributed by atoms with Crippen LogP contribution >= 0.6 is 23.1 Å². The summed E-state index contributed by atoms with van der Waals surface area (Å²) < 4.78 is 15.9. The molecule has 3 atom stereocenters. The number of anilines is 1. The fourth-order valence-electron chi connectivity index (χ4n) is 4.80. The van der Waals surface area contributed by atoms with Crippen LogP contribution in [-0.2, 0) is 30.5 Å². The zero-order valence-corrected chi connectivity index (χ0v) is 26.8. The number of amides is 3. The third kappa shape index (κ3) is 7.05. The van der Waals surface area contributed by atoms with Gasteiger partial charge >= 0.3 is 11.9 Å². The zero-order chi connectivity index (χ0) is 34.7. The highest BCUT2D eigenvalue weighted by molar-refractivity contribution is 8.00. The zero-order valence-electron chi connectivity index (χ0n) is 25.2.